The number of nitrogens with zero attached hydrogens (tertiary/aromatic N) is 1. The minimum absolute atomic E-state index is 0.120. The number of likely N-dealkylation sites (N-methyl/N-ethyl adjacent to an activating group) is 1. The van der Waals surface area contributed by atoms with Crippen LogP contribution in [0.15, 0.2) is 18.2 Å². The predicted molar refractivity (Wildman–Crippen MR) is 69.2 cm³/mol. The Hall–Kier alpha value is -1.42. The van der Waals surface area contributed by atoms with Crippen molar-refractivity contribution in [2.75, 3.05) is 20.2 Å². The number of benzene rings is 1. The van der Waals surface area contributed by atoms with Crippen molar-refractivity contribution in [2.24, 2.45) is 0 Å². The fourth-order valence-electron chi connectivity index (χ4n) is 1.52. The Morgan fingerprint density at radius 1 is 1.44 bits per heavy atom. The van der Waals surface area contributed by atoms with E-state index in [2.05, 4.69) is 0 Å². The van der Waals surface area contributed by atoms with Gasteiger partial charge in [-0.1, -0.05) is 0 Å². The van der Waals surface area contributed by atoms with E-state index in [4.69, 9.17) is 4.74 Å². The number of halogens is 1. The van der Waals surface area contributed by atoms with Gasteiger partial charge in [0.2, 0.25) is 0 Å². The van der Waals surface area contributed by atoms with E-state index >= 15 is 0 Å². The molecule has 1 aromatic carbocycles. The summed E-state index contributed by atoms with van der Waals surface area (Å²) in [6.07, 6.45) is 0.154. The molecule has 0 bridgehead atoms. The Bertz CT molecular complexity index is 418. The highest BCUT2D eigenvalue weighted by Gasteiger charge is 2.12. The second-order valence-electron chi connectivity index (χ2n) is 4.61. The van der Waals surface area contributed by atoms with Gasteiger partial charge in [0.1, 0.15) is 5.82 Å². The quantitative estimate of drug-likeness (QED) is 0.807. The highest BCUT2D eigenvalue weighted by atomic mass is 19.1. The first-order valence-electron chi connectivity index (χ1n) is 6.05. The van der Waals surface area contributed by atoms with Crippen molar-refractivity contribution in [3.63, 3.8) is 0 Å². The normalized spacial score (nSPS) is 10.8. The molecule has 1 aromatic rings. The number of ether oxygens (including phenoxy) is 1. The van der Waals surface area contributed by atoms with Gasteiger partial charge in [0.05, 0.1) is 12.7 Å². The molecule has 0 aliphatic rings. The zero-order valence-electron chi connectivity index (χ0n) is 11.4. The molecule has 4 heteroatoms. The maximum atomic E-state index is 13.1. The van der Waals surface area contributed by atoms with Crippen LogP contribution in [0, 0.1) is 12.7 Å². The number of rotatable bonds is 5. The van der Waals surface area contributed by atoms with Gasteiger partial charge in [-0.3, -0.25) is 4.79 Å². The Balaban J connectivity index is 2.60. The van der Waals surface area contributed by atoms with Crippen LogP contribution >= 0.6 is 0 Å². The average Bonchev–Trinajstić information content (AvgIpc) is 2.31. The van der Waals surface area contributed by atoms with Crippen molar-refractivity contribution in [3.05, 3.63) is 35.1 Å². The first-order valence-corrected chi connectivity index (χ1v) is 6.05. The molecule has 0 unspecified atom stereocenters. The summed E-state index contributed by atoms with van der Waals surface area (Å²) in [7, 11) is 1.71. The lowest BCUT2D eigenvalue weighted by molar-refractivity contribution is 0.0532. The van der Waals surface area contributed by atoms with Crippen molar-refractivity contribution >= 4 is 5.91 Å². The first kappa shape index (κ1) is 14.6. The van der Waals surface area contributed by atoms with E-state index < -0.39 is 0 Å². The van der Waals surface area contributed by atoms with Crippen molar-refractivity contribution in [1.29, 1.82) is 0 Å². The molecule has 0 saturated heterocycles. The van der Waals surface area contributed by atoms with Crippen LogP contribution < -0.4 is 0 Å². The van der Waals surface area contributed by atoms with Gasteiger partial charge in [0.15, 0.2) is 0 Å². The molecule has 0 saturated carbocycles. The topological polar surface area (TPSA) is 29.5 Å². The number of carbonyl (C=O) groups excluding carboxylic acids is 1. The molecule has 0 atom stereocenters. The van der Waals surface area contributed by atoms with Crippen LogP contribution in [-0.2, 0) is 4.74 Å². The van der Waals surface area contributed by atoms with Gasteiger partial charge in [-0.05, 0) is 44.5 Å². The number of carbonyl (C=O) groups is 1. The molecule has 100 valence electrons. The minimum atomic E-state index is -0.294. The Labute approximate surface area is 108 Å². The second kappa shape index (κ2) is 6.50. The summed E-state index contributed by atoms with van der Waals surface area (Å²) in [5.41, 5.74) is 0.980. The van der Waals surface area contributed by atoms with Crippen LogP contribution in [0.5, 0.6) is 0 Å². The van der Waals surface area contributed by atoms with E-state index in [-0.39, 0.29) is 17.8 Å². The molecule has 1 amide bonds. The largest absolute Gasteiger partial charge is 0.377 e. The monoisotopic (exact) mass is 253 g/mol. The van der Waals surface area contributed by atoms with Crippen LogP contribution in [0.2, 0.25) is 0 Å². The van der Waals surface area contributed by atoms with Crippen LogP contribution in [0.25, 0.3) is 0 Å². The summed E-state index contributed by atoms with van der Waals surface area (Å²) in [6.45, 7) is 6.57. The zero-order chi connectivity index (χ0) is 13.7. The smallest absolute Gasteiger partial charge is 0.253 e. The van der Waals surface area contributed by atoms with E-state index in [1.165, 1.54) is 12.1 Å². The first-order chi connectivity index (χ1) is 8.41. The number of amides is 1. The van der Waals surface area contributed by atoms with Gasteiger partial charge in [-0.25, -0.2) is 4.39 Å². The lowest BCUT2D eigenvalue weighted by Crippen LogP contribution is -2.30. The number of hydrogen-bond acceptors (Lipinski definition) is 2. The fraction of sp³-hybridized carbons (Fsp3) is 0.500. The summed E-state index contributed by atoms with van der Waals surface area (Å²) in [6, 6.07) is 4.39. The average molecular weight is 253 g/mol. The summed E-state index contributed by atoms with van der Waals surface area (Å²) in [5.74, 6) is -0.414. The molecule has 0 N–H and O–H groups in total. The van der Waals surface area contributed by atoms with Gasteiger partial charge in [0, 0.05) is 19.2 Å². The molecule has 0 radical (unpaired) electrons. The Kier molecular flexibility index (Phi) is 5.28. The van der Waals surface area contributed by atoms with Crippen molar-refractivity contribution in [3.8, 4) is 0 Å². The van der Waals surface area contributed by atoms with E-state index in [1.54, 1.807) is 24.9 Å². The zero-order valence-corrected chi connectivity index (χ0v) is 11.4. The van der Waals surface area contributed by atoms with E-state index in [1.807, 2.05) is 13.8 Å². The molecule has 0 aliphatic carbocycles. The molecule has 0 spiro atoms. The predicted octanol–water partition coefficient (Wildman–Crippen LogP) is 2.63. The maximum absolute atomic E-state index is 13.1. The van der Waals surface area contributed by atoms with Gasteiger partial charge >= 0.3 is 0 Å². The number of hydrogen-bond donors (Lipinski definition) is 0. The number of aryl methyl sites for hydroxylation is 1. The second-order valence-corrected chi connectivity index (χ2v) is 4.61. The van der Waals surface area contributed by atoms with Crippen LogP contribution in [0.1, 0.15) is 29.8 Å². The molecule has 0 aromatic heterocycles. The minimum Gasteiger partial charge on any atom is -0.377 e. The third kappa shape index (κ3) is 4.11. The van der Waals surface area contributed by atoms with E-state index in [0.717, 1.165) is 0 Å². The summed E-state index contributed by atoms with van der Waals surface area (Å²) >= 11 is 0. The molecule has 18 heavy (non-hydrogen) atoms. The highest BCUT2D eigenvalue weighted by molar-refractivity contribution is 5.94. The van der Waals surface area contributed by atoms with E-state index in [9.17, 15) is 9.18 Å². The molecule has 0 heterocycles. The van der Waals surface area contributed by atoms with Crippen LogP contribution in [-0.4, -0.2) is 37.1 Å². The maximum Gasteiger partial charge on any atom is 0.253 e. The van der Waals surface area contributed by atoms with Gasteiger partial charge in [0.25, 0.3) is 5.91 Å². The third-order valence-electron chi connectivity index (χ3n) is 2.63. The lowest BCUT2D eigenvalue weighted by atomic mass is 10.1. The molecular weight excluding hydrogens is 233 g/mol. The highest BCUT2D eigenvalue weighted by Crippen LogP contribution is 2.11. The summed E-state index contributed by atoms with van der Waals surface area (Å²) in [4.78, 5) is 13.6. The molecule has 1 rings (SSSR count). The standard InChI is InChI=1S/C14H20FNO2/c1-10(2)18-8-7-16(4)14(17)12-5-6-13(15)11(3)9-12/h5-6,9-10H,7-8H2,1-4H3. The molecule has 0 fully saturated rings. The molecule has 0 aliphatic heterocycles. The van der Waals surface area contributed by atoms with Gasteiger partial charge in [-0.15, -0.1) is 0 Å². The molecular formula is C14H20FNO2. The molecule has 3 nitrogen and oxygen atoms in total. The van der Waals surface area contributed by atoms with Gasteiger partial charge in [-0.2, -0.15) is 0 Å². The summed E-state index contributed by atoms with van der Waals surface area (Å²) < 4.78 is 18.5. The van der Waals surface area contributed by atoms with Crippen LogP contribution in [0.4, 0.5) is 4.39 Å². The Morgan fingerprint density at radius 3 is 2.67 bits per heavy atom. The third-order valence-corrected chi connectivity index (χ3v) is 2.63. The van der Waals surface area contributed by atoms with Gasteiger partial charge < -0.3 is 9.64 Å². The van der Waals surface area contributed by atoms with Crippen LogP contribution in [0.3, 0.4) is 0 Å². The lowest BCUT2D eigenvalue weighted by Gasteiger charge is -2.18. The van der Waals surface area contributed by atoms with Crippen molar-refractivity contribution in [2.45, 2.75) is 26.9 Å². The SMILES string of the molecule is Cc1cc(C(=O)N(C)CCOC(C)C)ccc1F. The Morgan fingerprint density at radius 2 is 2.11 bits per heavy atom. The van der Waals surface area contributed by atoms with Crippen molar-refractivity contribution in [1.82, 2.24) is 4.90 Å². The van der Waals surface area contributed by atoms with Crippen molar-refractivity contribution < 1.29 is 13.9 Å². The fourth-order valence-corrected chi connectivity index (χ4v) is 1.52. The van der Waals surface area contributed by atoms with E-state index in [0.29, 0.717) is 24.3 Å². The summed E-state index contributed by atoms with van der Waals surface area (Å²) in [5, 5.41) is 0.